The molecule has 3 aromatic rings. The fourth-order valence-corrected chi connectivity index (χ4v) is 4.86. The van der Waals surface area contributed by atoms with E-state index in [4.69, 9.17) is 4.74 Å². The average Bonchev–Trinajstić information content (AvgIpc) is 3.24. The fourth-order valence-electron chi connectivity index (χ4n) is 3.91. The molecule has 0 spiro atoms. The van der Waals surface area contributed by atoms with Gasteiger partial charge in [0.1, 0.15) is 5.75 Å². The molecule has 1 aliphatic rings. The van der Waals surface area contributed by atoms with Crippen molar-refractivity contribution in [2.75, 3.05) is 19.7 Å². The van der Waals surface area contributed by atoms with E-state index >= 15 is 0 Å². The van der Waals surface area contributed by atoms with Gasteiger partial charge in [0.15, 0.2) is 11.0 Å². The number of thioether (sulfide) groups is 1. The standard InChI is InChI=1S/C25H30N4O2S/c1-4-31-22-12-10-21(11-13-22)29-23(20-8-6-5-7-9-20)26-27-25(29)32-19(3)24(30)28-16-14-18(2)15-17-28/h5-13,18-19H,4,14-17H2,1-3H3. The molecule has 6 nitrogen and oxygen atoms in total. The van der Waals surface area contributed by atoms with Crippen LogP contribution in [0.25, 0.3) is 17.1 Å². The molecule has 1 amide bonds. The Balaban J connectivity index is 1.63. The van der Waals surface area contributed by atoms with Gasteiger partial charge in [-0.2, -0.15) is 0 Å². The maximum atomic E-state index is 13.1. The van der Waals surface area contributed by atoms with Gasteiger partial charge in [-0.15, -0.1) is 10.2 Å². The van der Waals surface area contributed by atoms with Gasteiger partial charge in [-0.05, 0) is 56.9 Å². The normalized spacial score (nSPS) is 15.5. The van der Waals surface area contributed by atoms with Crippen molar-refractivity contribution < 1.29 is 9.53 Å². The molecule has 2 heterocycles. The van der Waals surface area contributed by atoms with Crippen LogP contribution in [0.3, 0.4) is 0 Å². The number of carbonyl (C=O) groups is 1. The van der Waals surface area contributed by atoms with Crippen LogP contribution in [0.5, 0.6) is 5.75 Å². The fraction of sp³-hybridized carbons (Fsp3) is 0.400. The quantitative estimate of drug-likeness (QED) is 0.470. The zero-order valence-electron chi connectivity index (χ0n) is 18.9. The molecule has 1 saturated heterocycles. The summed E-state index contributed by atoms with van der Waals surface area (Å²) in [4.78, 5) is 15.1. The molecule has 1 aromatic heterocycles. The summed E-state index contributed by atoms with van der Waals surface area (Å²) in [7, 11) is 0. The monoisotopic (exact) mass is 450 g/mol. The van der Waals surface area contributed by atoms with Crippen LogP contribution < -0.4 is 4.74 Å². The lowest BCUT2D eigenvalue weighted by atomic mass is 9.99. The van der Waals surface area contributed by atoms with Gasteiger partial charge in [0.2, 0.25) is 5.91 Å². The first-order chi connectivity index (χ1) is 15.6. The van der Waals surface area contributed by atoms with Gasteiger partial charge in [0.25, 0.3) is 0 Å². The van der Waals surface area contributed by atoms with Crippen molar-refractivity contribution in [3.05, 3.63) is 54.6 Å². The molecule has 0 radical (unpaired) electrons. The number of piperidine rings is 1. The lowest BCUT2D eigenvalue weighted by molar-refractivity contribution is -0.131. The Kier molecular flexibility index (Phi) is 7.15. The zero-order valence-corrected chi connectivity index (χ0v) is 19.7. The van der Waals surface area contributed by atoms with E-state index < -0.39 is 0 Å². The molecule has 0 bridgehead atoms. The predicted octanol–water partition coefficient (Wildman–Crippen LogP) is 5.07. The number of nitrogens with zero attached hydrogens (tertiary/aromatic N) is 4. The van der Waals surface area contributed by atoms with Gasteiger partial charge in [0, 0.05) is 24.3 Å². The summed E-state index contributed by atoms with van der Waals surface area (Å²) in [6.45, 7) is 8.49. The summed E-state index contributed by atoms with van der Waals surface area (Å²) in [5.74, 6) is 2.44. The molecule has 32 heavy (non-hydrogen) atoms. The Bertz CT molecular complexity index is 1030. The van der Waals surface area contributed by atoms with E-state index in [0.717, 1.165) is 48.8 Å². The van der Waals surface area contributed by atoms with Gasteiger partial charge < -0.3 is 9.64 Å². The summed E-state index contributed by atoms with van der Waals surface area (Å²) in [6, 6.07) is 17.9. The number of likely N-dealkylation sites (tertiary alicyclic amines) is 1. The van der Waals surface area contributed by atoms with E-state index in [0.29, 0.717) is 17.7 Å². The Morgan fingerprint density at radius 1 is 1.09 bits per heavy atom. The Hall–Kier alpha value is -2.80. The highest BCUT2D eigenvalue weighted by Crippen LogP contribution is 2.32. The first-order valence-electron chi connectivity index (χ1n) is 11.3. The topological polar surface area (TPSA) is 60.2 Å². The van der Waals surface area contributed by atoms with E-state index in [1.807, 2.05) is 77.9 Å². The van der Waals surface area contributed by atoms with Crippen LogP contribution in [0.2, 0.25) is 0 Å². The van der Waals surface area contributed by atoms with Crippen LogP contribution in [-0.2, 0) is 4.79 Å². The highest BCUT2D eigenvalue weighted by Gasteiger charge is 2.27. The minimum Gasteiger partial charge on any atom is -0.494 e. The summed E-state index contributed by atoms with van der Waals surface area (Å²) >= 11 is 1.46. The average molecular weight is 451 g/mol. The third-order valence-electron chi connectivity index (χ3n) is 5.80. The number of benzene rings is 2. The molecule has 0 aliphatic carbocycles. The SMILES string of the molecule is CCOc1ccc(-n2c(SC(C)C(=O)N3CCC(C)CC3)nnc2-c2ccccc2)cc1. The van der Waals surface area contributed by atoms with Crippen molar-refractivity contribution in [3.63, 3.8) is 0 Å². The molecule has 1 unspecified atom stereocenters. The van der Waals surface area contributed by atoms with Crippen molar-refractivity contribution in [2.24, 2.45) is 5.92 Å². The number of aromatic nitrogens is 3. The maximum absolute atomic E-state index is 13.1. The molecule has 1 fully saturated rings. The summed E-state index contributed by atoms with van der Waals surface area (Å²) < 4.78 is 7.62. The number of amides is 1. The number of hydrogen-bond donors (Lipinski definition) is 0. The van der Waals surface area contributed by atoms with E-state index in [1.54, 1.807) is 0 Å². The van der Waals surface area contributed by atoms with Crippen LogP contribution in [0.15, 0.2) is 59.8 Å². The Labute approximate surface area is 194 Å². The van der Waals surface area contributed by atoms with Gasteiger partial charge in [-0.3, -0.25) is 9.36 Å². The molecule has 0 N–H and O–H groups in total. The van der Waals surface area contributed by atoms with Crippen LogP contribution in [-0.4, -0.2) is 50.5 Å². The summed E-state index contributed by atoms with van der Waals surface area (Å²) in [5, 5.41) is 9.44. The first-order valence-corrected chi connectivity index (χ1v) is 12.1. The molecular formula is C25H30N4O2S. The lowest BCUT2D eigenvalue weighted by Gasteiger charge is -2.32. The van der Waals surface area contributed by atoms with Crippen molar-refractivity contribution in [1.29, 1.82) is 0 Å². The van der Waals surface area contributed by atoms with Crippen LogP contribution in [0.4, 0.5) is 0 Å². The molecule has 1 aliphatic heterocycles. The van der Waals surface area contributed by atoms with Gasteiger partial charge in [-0.25, -0.2) is 0 Å². The van der Waals surface area contributed by atoms with E-state index in [1.165, 1.54) is 11.8 Å². The van der Waals surface area contributed by atoms with Crippen LogP contribution in [0, 0.1) is 5.92 Å². The van der Waals surface area contributed by atoms with Crippen LogP contribution >= 0.6 is 11.8 Å². The first kappa shape index (κ1) is 22.4. The third-order valence-corrected chi connectivity index (χ3v) is 6.83. The number of ether oxygens (including phenoxy) is 1. The minimum absolute atomic E-state index is 0.171. The van der Waals surface area contributed by atoms with Crippen molar-refractivity contribution >= 4 is 17.7 Å². The highest BCUT2D eigenvalue weighted by atomic mass is 32.2. The van der Waals surface area contributed by atoms with E-state index in [2.05, 4.69) is 17.1 Å². The number of hydrogen-bond acceptors (Lipinski definition) is 5. The van der Waals surface area contributed by atoms with Gasteiger partial charge in [-0.1, -0.05) is 49.0 Å². The zero-order chi connectivity index (χ0) is 22.5. The largest absolute Gasteiger partial charge is 0.494 e. The Morgan fingerprint density at radius 3 is 2.44 bits per heavy atom. The number of rotatable bonds is 7. The van der Waals surface area contributed by atoms with Crippen molar-refractivity contribution in [2.45, 2.75) is 44.0 Å². The van der Waals surface area contributed by atoms with Gasteiger partial charge in [0.05, 0.1) is 11.9 Å². The summed E-state index contributed by atoms with van der Waals surface area (Å²) in [6.07, 6.45) is 2.15. The molecule has 2 aromatic carbocycles. The lowest BCUT2D eigenvalue weighted by Crippen LogP contribution is -2.41. The minimum atomic E-state index is -0.238. The van der Waals surface area contributed by atoms with E-state index in [-0.39, 0.29) is 11.2 Å². The van der Waals surface area contributed by atoms with Crippen molar-refractivity contribution in [1.82, 2.24) is 19.7 Å². The van der Waals surface area contributed by atoms with Crippen molar-refractivity contribution in [3.8, 4) is 22.8 Å². The molecule has 0 saturated carbocycles. The van der Waals surface area contributed by atoms with Crippen LogP contribution in [0.1, 0.15) is 33.6 Å². The second-order valence-corrected chi connectivity index (χ2v) is 9.51. The molecular weight excluding hydrogens is 420 g/mol. The molecule has 4 rings (SSSR count). The van der Waals surface area contributed by atoms with Gasteiger partial charge >= 0.3 is 0 Å². The number of carbonyl (C=O) groups excluding carboxylic acids is 1. The molecule has 1 atom stereocenters. The smallest absolute Gasteiger partial charge is 0.235 e. The second kappa shape index (κ2) is 10.2. The van der Waals surface area contributed by atoms with E-state index in [9.17, 15) is 4.79 Å². The molecule has 7 heteroatoms. The summed E-state index contributed by atoms with van der Waals surface area (Å²) in [5.41, 5.74) is 1.91. The maximum Gasteiger partial charge on any atom is 0.235 e. The Morgan fingerprint density at radius 2 is 1.78 bits per heavy atom. The predicted molar refractivity (Wildman–Crippen MR) is 128 cm³/mol. The highest BCUT2D eigenvalue weighted by molar-refractivity contribution is 8.00. The molecule has 168 valence electrons. The second-order valence-electron chi connectivity index (χ2n) is 8.20. The third kappa shape index (κ3) is 4.99.